The normalized spacial score (nSPS) is 13.3. The fourth-order valence-corrected chi connectivity index (χ4v) is 10.4. The van der Waals surface area contributed by atoms with Gasteiger partial charge in [0.15, 0.2) is 0 Å². The molecule has 1 spiro atoms. The predicted molar refractivity (Wildman–Crippen MR) is 246 cm³/mol. The molecule has 0 saturated heterocycles. The zero-order valence-electron chi connectivity index (χ0n) is 32.5. The summed E-state index contributed by atoms with van der Waals surface area (Å²) in [5.74, 6) is 1.80. The van der Waals surface area contributed by atoms with Crippen molar-refractivity contribution in [2.75, 3.05) is 4.90 Å². The minimum atomic E-state index is -0.521. The van der Waals surface area contributed by atoms with Crippen LogP contribution in [0.15, 0.2) is 217 Å². The van der Waals surface area contributed by atoms with E-state index in [0.29, 0.717) is 0 Å². The summed E-state index contributed by atoms with van der Waals surface area (Å²) in [4.78, 5) is 2.42. The van der Waals surface area contributed by atoms with Crippen LogP contribution in [0.5, 0.6) is 11.5 Å². The zero-order chi connectivity index (χ0) is 39.4. The first-order valence-electron chi connectivity index (χ1n) is 20.6. The van der Waals surface area contributed by atoms with Gasteiger partial charge in [-0.25, -0.2) is 0 Å². The molecule has 0 atom stereocenters. The van der Waals surface area contributed by atoms with Crippen molar-refractivity contribution in [3.05, 3.63) is 235 Å². The van der Waals surface area contributed by atoms with Gasteiger partial charge in [-0.05, 0) is 92.7 Å². The molecule has 0 unspecified atom stereocenters. The highest BCUT2D eigenvalue weighted by molar-refractivity contribution is 6.22. The minimum absolute atomic E-state index is 0.521. The number of furan rings is 1. The van der Waals surface area contributed by atoms with Crippen molar-refractivity contribution >= 4 is 60.5 Å². The molecule has 60 heavy (non-hydrogen) atoms. The highest BCUT2D eigenvalue weighted by Crippen LogP contribution is 2.62. The summed E-state index contributed by atoms with van der Waals surface area (Å²) in [6, 6.07) is 76.7. The van der Waals surface area contributed by atoms with Gasteiger partial charge in [0.2, 0.25) is 0 Å². The molecule has 1 aromatic heterocycles. The maximum Gasteiger partial charge on any atom is 0.145 e. The fraction of sp³-hybridized carbons (Fsp3) is 0.0175. The van der Waals surface area contributed by atoms with Gasteiger partial charge in [-0.15, -0.1) is 0 Å². The molecule has 0 radical (unpaired) electrons. The number of anilines is 3. The number of benzene rings is 10. The van der Waals surface area contributed by atoms with Gasteiger partial charge in [0, 0.05) is 33.0 Å². The van der Waals surface area contributed by atoms with Gasteiger partial charge in [0.05, 0.1) is 22.2 Å². The summed E-state index contributed by atoms with van der Waals surface area (Å²) in [5.41, 5.74) is 14.2. The first-order chi connectivity index (χ1) is 29.8. The van der Waals surface area contributed by atoms with E-state index in [1.807, 2.05) is 6.07 Å². The summed E-state index contributed by atoms with van der Waals surface area (Å²) in [6.45, 7) is 0. The SMILES string of the molecule is c1ccc2c(c1)Oc1ccccc1C21c2ccccc2-c2ccc(-c3ccc(N(c4cccc5ccccc45)c4cc5ccccc5c5oc6ccccc6c45)cc3)cc21. The van der Waals surface area contributed by atoms with Crippen LogP contribution in [0.25, 0.3) is 65.7 Å². The maximum atomic E-state index is 6.71. The molecule has 1 aliphatic heterocycles. The number of hydrogen-bond donors (Lipinski definition) is 0. The second-order valence-electron chi connectivity index (χ2n) is 16.0. The third-order valence-corrected chi connectivity index (χ3v) is 12.9. The molecule has 11 aromatic rings. The molecule has 2 heterocycles. The predicted octanol–water partition coefficient (Wildman–Crippen LogP) is 15.5. The minimum Gasteiger partial charge on any atom is -0.457 e. The molecule has 0 bridgehead atoms. The Kier molecular flexibility index (Phi) is 6.93. The number of ether oxygens (including phenoxy) is 1. The van der Waals surface area contributed by atoms with E-state index in [1.54, 1.807) is 0 Å². The molecule has 0 N–H and O–H groups in total. The summed E-state index contributed by atoms with van der Waals surface area (Å²) in [5, 5.41) is 6.80. The number of rotatable bonds is 4. The van der Waals surface area contributed by atoms with E-state index in [0.717, 1.165) is 66.8 Å². The van der Waals surface area contributed by atoms with E-state index >= 15 is 0 Å². The van der Waals surface area contributed by atoms with Crippen molar-refractivity contribution in [2.24, 2.45) is 0 Å². The van der Waals surface area contributed by atoms with Crippen LogP contribution in [0, 0.1) is 0 Å². The monoisotopic (exact) mass is 765 g/mol. The van der Waals surface area contributed by atoms with Crippen LogP contribution in [-0.2, 0) is 5.41 Å². The number of fused-ring (bicyclic) bond motifs is 15. The molecule has 0 saturated carbocycles. The van der Waals surface area contributed by atoms with E-state index in [1.165, 1.54) is 49.7 Å². The molecule has 3 heteroatoms. The van der Waals surface area contributed by atoms with Gasteiger partial charge < -0.3 is 14.1 Å². The molecular formula is C57H35NO2. The third-order valence-electron chi connectivity index (χ3n) is 12.9. The topological polar surface area (TPSA) is 25.6 Å². The summed E-state index contributed by atoms with van der Waals surface area (Å²) in [6.07, 6.45) is 0. The van der Waals surface area contributed by atoms with Crippen LogP contribution in [-0.4, -0.2) is 0 Å². The smallest absolute Gasteiger partial charge is 0.145 e. The zero-order valence-corrected chi connectivity index (χ0v) is 32.5. The van der Waals surface area contributed by atoms with Crippen LogP contribution >= 0.6 is 0 Å². The Morgan fingerprint density at radius 2 is 0.983 bits per heavy atom. The lowest BCUT2D eigenvalue weighted by Gasteiger charge is -2.39. The Balaban J connectivity index is 1.02. The third kappa shape index (κ3) is 4.54. The first-order valence-corrected chi connectivity index (χ1v) is 20.6. The van der Waals surface area contributed by atoms with Gasteiger partial charge in [0.25, 0.3) is 0 Å². The van der Waals surface area contributed by atoms with Crippen LogP contribution in [0.3, 0.4) is 0 Å². The Hall–Kier alpha value is -7.88. The van der Waals surface area contributed by atoms with Crippen molar-refractivity contribution in [1.82, 2.24) is 0 Å². The lowest BCUT2D eigenvalue weighted by Crippen LogP contribution is -2.32. The molecule has 2 aliphatic rings. The molecule has 1 aliphatic carbocycles. The Bertz CT molecular complexity index is 3490. The van der Waals surface area contributed by atoms with Crippen molar-refractivity contribution in [3.63, 3.8) is 0 Å². The van der Waals surface area contributed by atoms with Gasteiger partial charge >= 0.3 is 0 Å². The number of para-hydroxylation sites is 3. The van der Waals surface area contributed by atoms with E-state index in [9.17, 15) is 0 Å². The Morgan fingerprint density at radius 3 is 1.78 bits per heavy atom. The molecule has 10 aromatic carbocycles. The molecule has 0 fully saturated rings. The van der Waals surface area contributed by atoms with E-state index in [2.05, 4.69) is 211 Å². The van der Waals surface area contributed by atoms with Gasteiger partial charge in [-0.2, -0.15) is 0 Å². The second kappa shape index (κ2) is 12.6. The summed E-state index contributed by atoms with van der Waals surface area (Å²) < 4.78 is 13.3. The lowest BCUT2D eigenvalue weighted by atomic mass is 9.66. The van der Waals surface area contributed by atoms with E-state index in [-0.39, 0.29) is 0 Å². The second-order valence-corrected chi connectivity index (χ2v) is 16.0. The van der Waals surface area contributed by atoms with Crippen LogP contribution in [0.4, 0.5) is 17.1 Å². The largest absolute Gasteiger partial charge is 0.457 e. The fourth-order valence-electron chi connectivity index (χ4n) is 10.4. The molecule has 13 rings (SSSR count). The van der Waals surface area contributed by atoms with Crippen molar-refractivity contribution in [2.45, 2.75) is 5.41 Å². The van der Waals surface area contributed by atoms with Crippen molar-refractivity contribution in [3.8, 4) is 33.8 Å². The molecular weight excluding hydrogens is 731 g/mol. The average molecular weight is 766 g/mol. The van der Waals surface area contributed by atoms with E-state index < -0.39 is 5.41 Å². The molecule has 280 valence electrons. The highest BCUT2D eigenvalue weighted by Gasteiger charge is 2.51. The Labute approximate surface area is 347 Å². The standard InChI is InChI=1S/C57H35NO2/c1-3-17-41-37(14-1)16-13-24-50(41)58(51-35-39-15-2-4-18-42(39)56-55(51)45-20-6-10-25-52(45)60-56)40-31-28-36(29-32-40)38-30-33-44-43-19-5-7-21-46(43)57(49(44)34-38)47-22-8-11-26-53(47)59-54-27-12-9-23-48(54)57/h1-35H. The molecule has 0 amide bonds. The number of nitrogens with zero attached hydrogens (tertiary/aromatic N) is 1. The average Bonchev–Trinajstić information content (AvgIpc) is 3.84. The van der Waals surface area contributed by atoms with Crippen LogP contribution < -0.4 is 9.64 Å². The quantitative estimate of drug-likeness (QED) is 0.178. The summed E-state index contributed by atoms with van der Waals surface area (Å²) >= 11 is 0. The van der Waals surface area contributed by atoms with Crippen LogP contribution in [0.1, 0.15) is 22.3 Å². The van der Waals surface area contributed by atoms with Gasteiger partial charge in [0.1, 0.15) is 22.7 Å². The summed E-state index contributed by atoms with van der Waals surface area (Å²) in [7, 11) is 0. The van der Waals surface area contributed by atoms with Gasteiger partial charge in [-0.1, -0.05) is 164 Å². The van der Waals surface area contributed by atoms with Crippen molar-refractivity contribution in [1.29, 1.82) is 0 Å². The molecule has 3 nitrogen and oxygen atoms in total. The Morgan fingerprint density at radius 1 is 0.383 bits per heavy atom. The lowest BCUT2D eigenvalue weighted by molar-refractivity contribution is 0.436. The van der Waals surface area contributed by atoms with Crippen LogP contribution in [0.2, 0.25) is 0 Å². The first kappa shape index (κ1) is 33.1. The highest BCUT2D eigenvalue weighted by atomic mass is 16.5. The maximum absolute atomic E-state index is 6.71. The van der Waals surface area contributed by atoms with Gasteiger partial charge in [-0.3, -0.25) is 0 Å². The number of hydrogen-bond acceptors (Lipinski definition) is 3. The van der Waals surface area contributed by atoms with E-state index in [4.69, 9.17) is 9.15 Å². The van der Waals surface area contributed by atoms with Crippen molar-refractivity contribution < 1.29 is 9.15 Å².